The molecule has 0 radical (unpaired) electrons. The molecule has 0 amide bonds. The zero-order chi connectivity index (χ0) is 8.48. The highest BCUT2D eigenvalue weighted by Gasteiger charge is 2.39. The van der Waals surface area contributed by atoms with Crippen LogP contribution in [-0.2, 0) is 10.0 Å². The summed E-state index contributed by atoms with van der Waals surface area (Å²) in [5.41, 5.74) is 0. The SMILES string of the molecule is O=S(Cl)CC1CCC(F)(F)C1. The highest BCUT2D eigenvalue weighted by atomic mass is 35.7. The van der Waals surface area contributed by atoms with Crippen molar-refractivity contribution in [1.29, 1.82) is 0 Å². The van der Waals surface area contributed by atoms with Crippen molar-refractivity contribution in [2.45, 2.75) is 25.2 Å². The lowest BCUT2D eigenvalue weighted by Gasteiger charge is -2.07. The zero-order valence-corrected chi connectivity index (χ0v) is 7.43. The molecular weight excluding hydrogens is 194 g/mol. The summed E-state index contributed by atoms with van der Waals surface area (Å²) >= 11 is 0. The molecule has 2 unspecified atom stereocenters. The van der Waals surface area contributed by atoms with Gasteiger partial charge in [-0.3, -0.25) is 0 Å². The van der Waals surface area contributed by atoms with Crippen LogP contribution in [0.25, 0.3) is 0 Å². The van der Waals surface area contributed by atoms with Crippen LogP contribution in [0, 0.1) is 5.92 Å². The molecule has 1 aliphatic carbocycles. The van der Waals surface area contributed by atoms with Gasteiger partial charge in [0, 0.05) is 18.6 Å². The van der Waals surface area contributed by atoms with Gasteiger partial charge in [0.1, 0.15) is 10.0 Å². The van der Waals surface area contributed by atoms with Crippen molar-refractivity contribution >= 4 is 20.7 Å². The number of hydrogen-bond donors (Lipinski definition) is 0. The van der Waals surface area contributed by atoms with Crippen LogP contribution in [-0.4, -0.2) is 15.9 Å². The maximum absolute atomic E-state index is 12.5. The summed E-state index contributed by atoms with van der Waals surface area (Å²) in [6.07, 6.45) is 0.225. The van der Waals surface area contributed by atoms with Gasteiger partial charge in [0.05, 0.1) is 0 Å². The molecule has 0 aromatic heterocycles. The number of halogens is 3. The molecule has 0 N–H and O–H groups in total. The van der Waals surface area contributed by atoms with Gasteiger partial charge in [0.15, 0.2) is 0 Å². The molecule has 1 nitrogen and oxygen atoms in total. The van der Waals surface area contributed by atoms with Crippen LogP contribution < -0.4 is 0 Å². The van der Waals surface area contributed by atoms with E-state index in [1.54, 1.807) is 0 Å². The topological polar surface area (TPSA) is 17.1 Å². The van der Waals surface area contributed by atoms with Crippen molar-refractivity contribution in [2.75, 3.05) is 5.75 Å². The minimum absolute atomic E-state index is 0.0776. The van der Waals surface area contributed by atoms with Gasteiger partial charge in [0.2, 0.25) is 5.92 Å². The lowest BCUT2D eigenvalue weighted by Crippen LogP contribution is -2.11. The molecule has 1 aliphatic rings. The number of alkyl halides is 2. The Labute approximate surface area is 71.1 Å². The third kappa shape index (κ3) is 3.03. The summed E-state index contributed by atoms with van der Waals surface area (Å²) in [5.74, 6) is -2.48. The van der Waals surface area contributed by atoms with Gasteiger partial charge in [-0.25, -0.2) is 13.0 Å². The summed E-state index contributed by atoms with van der Waals surface area (Å²) in [6.45, 7) is 0. The molecule has 5 heteroatoms. The average molecular weight is 203 g/mol. The van der Waals surface area contributed by atoms with Crippen molar-refractivity contribution < 1.29 is 13.0 Å². The quantitative estimate of drug-likeness (QED) is 0.629. The lowest BCUT2D eigenvalue weighted by molar-refractivity contribution is 0.00595. The molecule has 0 aliphatic heterocycles. The molecule has 1 fully saturated rings. The summed E-state index contributed by atoms with van der Waals surface area (Å²) in [6, 6.07) is 0. The molecule has 11 heavy (non-hydrogen) atoms. The van der Waals surface area contributed by atoms with Crippen LogP contribution in [0.1, 0.15) is 19.3 Å². The fraction of sp³-hybridized carbons (Fsp3) is 1.00. The Kier molecular flexibility index (Phi) is 2.86. The van der Waals surface area contributed by atoms with E-state index in [0.717, 1.165) is 0 Å². The standard InChI is InChI=1S/C6H9ClF2OS/c7-11(10)4-5-1-2-6(8,9)3-5/h5H,1-4H2. The monoisotopic (exact) mass is 202 g/mol. The first-order chi connectivity index (χ1) is 4.99. The van der Waals surface area contributed by atoms with E-state index in [1.165, 1.54) is 0 Å². The molecule has 0 saturated heterocycles. The first-order valence-corrected chi connectivity index (χ1v) is 5.56. The minimum atomic E-state index is -2.54. The Morgan fingerprint density at radius 1 is 1.64 bits per heavy atom. The van der Waals surface area contributed by atoms with Crippen molar-refractivity contribution in [1.82, 2.24) is 0 Å². The summed E-state index contributed by atoms with van der Waals surface area (Å²) in [4.78, 5) is 0. The number of rotatable bonds is 2. The Bertz CT molecular complexity index is 174. The van der Waals surface area contributed by atoms with Crippen molar-refractivity contribution in [3.63, 3.8) is 0 Å². The molecule has 1 rings (SSSR count). The van der Waals surface area contributed by atoms with Crippen LogP contribution in [0.2, 0.25) is 0 Å². The molecular formula is C6H9ClF2OS. The van der Waals surface area contributed by atoms with Gasteiger partial charge in [-0.15, -0.1) is 0 Å². The van der Waals surface area contributed by atoms with Crippen molar-refractivity contribution in [2.24, 2.45) is 5.92 Å². The van der Waals surface area contributed by atoms with Crippen LogP contribution in [0.4, 0.5) is 8.78 Å². The van der Waals surface area contributed by atoms with Gasteiger partial charge in [-0.1, -0.05) is 0 Å². The summed E-state index contributed by atoms with van der Waals surface area (Å²) < 4.78 is 35.4. The molecule has 0 heterocycles. The van der Waals surface area contributed by atoms with Crippen LogP contribution in [0.3, 0.4) is 0 Å². The largest absolute Gasteiger partial charge is 0.248 e. The van der Waals surface area contributed by atoms with E-state index in [-0.39, 0.29) is 24.5 Å². The van der Waals surface area contributed by atoms with Gasteiger partial charge in [0.25, 0.3) is 0 Å². The number of hydrogen-bond acceptors (Lipinski definition) is 1. The van der Waals surface area contributed by atoms with E-state index in [2.05, 4.69) is 0 Å². The smallest absolute Gasteiger partial charge is 0.243 e. The van der Waals surface area contributed by atoms with E-state index < -0.39 is 15.9 Å². The van der Waals surface area contributed by atoms with Crippen molar-refractivity contribution in [3.05, 3.63) is 0 Å². The van der Waals surface area contributed by atoms with Gasteiger partial charge in [-0.05, 0) is 23.0 Å². The second-order valence-electron chi connectivity index (χ2n) is 2.92. The molecule has 0 aromatic rings. The molecule has 0 aromatic carbocycles. The lowest BCUT2D eigenvalue weighted by atomic mass is 10.1. The maximum Gasteiger partial charge on any atom is 0.248 e. The van der Waals surface area contributed by atoms with Crippen molar-refractivity contribution in [3.8, 4) is 0 Å². The van der Waals surface area contributed by atoms with E-state index >= 15 is 0 Å². The maximum atomic E-state index is 12.5. The summed E-state index contributed by atoms with van der Waals surface area (Å²) in [5, 5.41) is 0. The second kappa shape index (κ2) is 3.35. The predicted molar refractivity (Wildman–Crippen MR) is 41.2 cm³/mol. The Balaban J connectivity index is 2.36. The first kappa shape index (κ1) is 9.39. The first-order valence-electron chi connectivity index (χ1n) is 3.42. The predicted octanol–water partition coefficient (Wildman–Crippen LogP) is 2.32. The highest BCUT2D eigenvalue weighted by molar-refractivity contribution is 8.08. The van der Waals surface area contributed by atoms with E-state index in [0.29, 0.717) is 6.42 Å². The third-order valence-corrected chi connectivity index (χ3v) is 2.98. The fourth-order valence-corrected chi connectivity index (χ4v) is 2.56. The Morgan fingerprint density at radius 3 is 2.64 bits per heavy atom. The van der Waals surface area contributed by atoms with E-state index in [1.807, 2.05) is 0 Å². The van der Waals surface area contributed by atoms with Crippen LogP contribution >= 0.6 is 10.7 Å². The normalized spacial score (nSPS) is 32.1. The van der Waals surface area contributed by atoms with E-state index in [4.69, 9.17) is 10.7 Å². The molecule has 2 atom stereocenters. The third-order valence-electron chi connectivity index (χ3n) is 1.87. The van der Waals surface area contributed by atoms with E-state index in [9.17, 15) is 13.0 Å². The molecule has 1 saturated carbocycles. The summed E-state index contributed by atoms with van der Waals surface area (Å²) in [7, 11) is 3.73. The van der Waals surface area contributed by atoms with Gasteiger partial charge in [-0.2, -0.15) is 0 Å². The van der Waals surface area contributed by atoms with Crippen LogP contribution in [0.15, 0.2) is 0 Å². The second-order valence-corrected chi connectivity index (χ2v) is 4.87. The Morgan fingerprint density at radius 2 is 2.27 bits per heavy atom. The Hall–Kier alpha value is 0.300. The fourth-order valence-electron chi connectivity index (χ4n) is 1.37. The zero-order valence-electron chi connectivity index (χ0n) is 5.86. The van der Waals surface area contributed by atoms with Crippen LogP contribution in [0.5, 0.6) is 0 Å². The molecule has 0 spiro atoms. The average Bonchev–Trinajstić information content (AvgIpc) is 2.08. The highest BCUT2D eigenvalue weighted by Crippen LogP contribution is 2.39. The van der Waals surface area contributed by atoms with Gasteiger partial charge < -0.3 is 0 Å². The van der Waals surface area contributed by atoms with Gasteiger partial charge >= 0.3 is 0 Å². The molecule has 0 bridgehead atoms. The minimum Gasteiger partial charge on any atom is -0.243 e. The molecule has 66 valence electrons.